The van der Waals surface area contributed by atoms with E-state index in [1.807, 2.05) is 36.4 Å². The molecule has 0 heterocycles. The Labute approximate surface area is 159 Å². The van der Waals surface area contributed by atoms with Gasteiger partial charge in [-0.25, -0.2) is 5.43 Å². The number of rotatable bonds is 6. The number of benzene rings is 2. The average Bonchev–Trinajstić information content (AvgIpc) is 2.72. The fourth-order valence-corrected chi connectivity index (χ4v) is 3.48. The molecule has 6 nitrogen and oxygen atoms in total. The van der Waals surface area contributed by atoms with E-state index in [2.05, 4.69) is 15.8 Å². The Hall–Kier alpha value is -2.89. The molecule has 2 amide bonds. The number of hydrogen-bond acceptors (Lipinski definition) is 4. The number of hydrazone groups is 1. The summed E-state index contributed by atoms with van der Waals surface area (Å²) in [5.74, 6) is 0.459. The van der Waals surface area contributed by atoms with Gasteiger partial charge in [-0.2, -0.15) is 5.10 Å². The van der Waals surface area contributed by atoms with Crippen molar-refractivity contribution in [1.82, 2.24) is 10.7 Å². The van der Waals surface area contributed by atoms with Crippen molar-refractivity contribution in [3.8, 4) is 5.75 Å². The highest BCUT2D eigenvalue weighted by Crippen LogP contribution is 2.27. The van der Waals surface area contributed by atoms with E-state index in [-0.39, 0.29) is 24.3 Å². The maximum atomic E-state index is 12.1. The summed E-state index contributed by atoms with van der Waals surface area (Å²) < 4.78 is 5.38. The minimum Gasteiger partial charge on any atom is -0.496 e. The first-order chi connectivity index (χ1) is 13.2. The highest BCUT2D eigenvalue weighted by molar-refractivity contribution is 6.02. The number of fused-ring (bicyclic) bond motifs is 1. The number of ether oxygens (including phenoxy) is 1. The number of nitrogens with one attached hydrogen (secondary N) is 2. The van der Waals surface area contributed by atoms with Gasteiger partial charge in [-0.1, -0.05) is 43.5 Å². The summed E-state index contributed by atoms with van der Waals surface area (Å²) in [5, 5.41) is 8.69. The van der Waals surface area contributed by atoms with Crippen LogP contribution in [0.25, 0.3) is 10.8 Å². The van der Waals surface area contributed by atoms with Crippen LogP contribution in [0.4, 0.5) is 0 Å². The summed E-state index contributed by atoms with van der Waals surface area (Å²) in [7, 11) is 1.64. The van der Waals surface area contributed by atoms with E-state index in [4.69, 9.17) is 4.74 Å². The molecular formula is C21H25N3O3. The first kappa shape index (κ1) is 18.9. The zero-order valence-corrected chi connectivity index (χ0v) is 15.5. The smallest absolute Gasteiger partial charge is 0.259 e. The first-order valence-corrected chi connectivity index (χ1v) is 9.34. The minimum absolute atomic E-state index is 0.0324. The van der Waals surface area contributed by atoms with Crippen LogP contribution in [0.2, 0.25) is 0 Å². The Morgan fingerprint density at radius 3 is 2.59 bits per heavy atom. The first-order valence-electron chi connectivity index (χ1n) is 9.34. The van der Waals surface area contributed by atoms with E-state index in [0.29, 0.717) is 0 Å². The number of nitrogens with zero attached hydrogens (tertiary/aromatic N) is 1. The van der Waals surface area contributed by atoms with Gasteiger partial charge in [0.05, 0.1) is 19.9 Å². The standard InChI is InChI=1S/C21H25N3O3/c1-27-19-12-11-16(17-9-5-6-10-18(17)19)13-23-24-20(25)14-22-21(26)15-7-3-2-4-8-15/h5-6,9-13,15H,2-4,7-8,14H2,1H3,(H,22,26)(H,24,25). The lowest BCUT2D eigenvalue weighted by atomic mass is 9.89. The third-order valence-electron chi connectivity index (χ3n) is 4.93. The maximum absolute atomic E-state index is 12.1. The van der Waals surface area contributed by atoms with Gasteiger partial charge < -0.3 is 10.1 Å². The maximum Gasteiger partial charge on any atom is 0.259 e. The van der Waals surface area contributed by atoms with Crippen molar-refractivity contribution in [2.45, 2.75) is 32.1 Å². The van der Waals surface area contributed by atoms with Crippen LogP contribution in [0.15, 0.2) is 41.5 Å². The van der Waals surface area contributed by atoms with E-state index >= 15 is 0 Å². The predicted molar refractivity (Wildman–Crippen MR) is 106 cm³/mol. The van der Waals surface area contributed by atoms with E-state index in [1.54, 1.807) is 13.3 Å². The minimum atomic E-state index is -0.340. The van der Waals surface area contributed by atoms with Crippen LogP contribution in [0, 0.1) is 5.92 Å². The molecule has 1 fully saturated rings. The number of methoxy groups -OCH3 is 1. The van der Waals surface area contributed by atoms with Crippen LogP contribution >= 0.6 is 0 Å². The fourth-order valence-electron chi connectivity index (χ4n) is 3.48. The van der Waals surface area contributed by atoms with Crippen LogP contribution < -0.4 is 15.5 Å². The number of hydrogen-bond donors (Lipinski definition) is 2. The van der Waals surface area contributed by atoms with Gasteiger partial charge in [0, 0.05) is 16.9 Å². The summed E-state index contributed by atoms with van der Waals surface area (Å²) in [6.07, 6.45) is 6.79. The highest BCUT2D eigenvalue weighted by Gasteiger charge is 2.21. The Kier molecular flexibility index (Phi) is 6.41. The van der Waals surface area contributed by atoms with Gasteiger partial charge in [0.1, 0.15) is 5.75 Å². The molecule has 0 radical (unpaired) electrons. The van der Waals surface area contributed by atoms with Crippen LogP contribution in [0.3, 0.4) is 0 Å². The molecule has 0 aliphatic heterocycles. The molecule has 0 spiro atoms. The predicted octanol–water partition coefficient (Wildman–Crippen LogP) is 3.00. The molecule has 142 valence electrons. The van der Waals surface area contributed by atoms with Crippen molar-refractivity contribution in [3.05, 3.63) is 42.0 Å². The summed E-state index contributed by atoms with van der Waals surface area (Å²) in [4.78, 5) is 24.0. The monoisotopic (exact) mass is 367 g/mol. The van der Waals surface area contributed by atoms with Gasteiger partial charge in [0.25, 0.3) is 5.91 Å². The lowest BCUT2D eigenvalue weighted by molar-refractivity contribution is -0.129. The fraction of sp³-hybridized carbons (Fsp3) is 0.381. The van der Waals surface area contributed by atoms with Crippen LogP contribution in [-0.2, 0) is 9.59 Å². The molecule has 2 N–H and O–H groups in total. The summed E-state index contributed by atoms with van der Waals surface area (Å²) >= 11 is 0. The van der Waals surface area contributed by atoms with Crippen molar-refractivity contribution in [1.29, 1.82) is 0 Å². The Morgan fingerprint density at radius 1 is 1.11 bits per heavy atom. The van der Waals surface area contributed by atoms with E-state index in [9.17, 15) is 9.59 Å². The second-order valence-electron chi connectivity index (χ2n) is 6.75. The third kappa shape index (κ3) is 4.84. The molecule has 3 rings (SSSR count). The number of carbonyl (C=O) groups excluding carboxylic acids is 2. The van der Waals surface area contributed by atoms with Crippen molar-refractivity contribution >= 4 is 28.8 Å². The summed E-state index contributed by atoms with van der Waals surface area (Å²) in [5.41, 5.74) is 3.34. The Bertz CT molecular complexity index is 842. The molecule has 1 aliphatic rings. The zero-order chi connectivity index (χ0) is 19.1. The van der Waals surface area contributed by atoms with Crippen molar-refractivity contribution < 1.29 is 14.3 Å². The zero-order valence-electron chi connectivity index (χ0n) is 15.5. The summed E-state index contributed by atoms with van der Waals surface area (Å²) in [6.45, 7) is -0.0595. The molecule has 2 aromatic carbocycles. The van der Waals surface area contributed by atoms with Crippen molar-refractivity contribution in [2.24, 2.45) is 11.0 Å². The van der Waals surface area contributed by atoms with E-state index in [0.717, 1.165) is 47.8 Å². The molecule has 2 aromatic rings. The van der Waals surface area contributed by atoms with Crippen molar-refractivity contribution in [2.75, 3.05) is 13.7 Å². The van der Waals surface area contributed by atoms with Gasteiger partial charge in [-0.3, -0.25) is 9.59 Å². The molecule has 27 heavy (non-hydrogen) atoms. The molecule has 1 aliphatic carbocycles. The van der Waals surface area contributed by atoms with Gasteiger partial charge >= 0.3 is 0 Å². The quantitative estimate of drug-likeness (QED) is 0.608. The molecule has 0 saturated heterocycles. The second-order valence-corrected chi connectivity index (χ2v) is 6.75. The lowest BCUT2D eigenvalue weighted by Gasteiger charge is -2.20. The number of carbonyl (C=O) groups is 2. The molecule has 0 atom stereocenters. The normalized spacial score (nSPS) is 15.0. The number of amides is 2. The molecule has 0 bridgehead atoms. The van der Waals surface area contributed by atoms with Crippen LogP contribution in [-0.4, -0.2) is 31.7 Å². The third-order valence-corrected chi connectivity index (χ3v) is 4.93. The largest absolute Gasteiger partial charge is 0.496 e. The Morgan fingerprint density at radius 2 is 1.85 bits per heavy atom. The van der Waals surface area contributed by atoms with E-state index < -0.39 is 0 Å². The highest BCUT2D eigenvalue weighted by atomic mass is 16.5. The van der Waals surface area contributed by atoms with Gasteiger partial charge in [0.15, 0.2) is 0 Å². The van der Waals surface area contributed by atoms with Crippen LogP contribution in [0.1, 0.15) is 37.7 Å². The summed E-state index contributed by atoms with van der Waals surface area (Å²) in [6, 6.07) is 11.6. The lowest BCUT2D eigenvalue weighted by Crippen LogP contribution is -2.38. The SMILES string of the molecule is COc1ccc(C=NNC(=O)CNC(=O)C2CCCCC2)c2ccccc12. The van der Waals surface area contributed by atoms with Gasteiger partial charge in [-0.15, -0.1) is 0 Å². The second kappa shape index (κ2) is 9.16. The van der Waals surface area contributed by atoms with Crippen LogP contribution in [0.5, 0.6) is 5.75 Å². The van der Waals surface area contributed by atoms with Crippen molar-refractivity contribution in [3.63, 3.8) is 0 Å². The molecule has 0 aromatic heterocycles. The molecule has 1 saturated carbocycles. The molecule has 0 unspecified atom stereocenters. The average molecular weight is 367 g/mol. The van der Waals surface area contributed by atoms with Gasteiger partial charge in [0.2, 0.25) is 5.91 Å². The van der Waals surface area contributed by atoms with Gasteiger partial charge in [-0.05, 0) is 30.4 Å². The Balaban J connectivity index is 1.55. The molecule has 6 heteroatoms. The van der Waals surface area contributed by atoms with E-state index in [1.165, 1.54) is 6.42 Å². The molecular weight excluding hydrogens is 342 g/mol. The topological polar surface area (TPSA) is 79.8 Å².